The van der Waals surface area contributed by atoms with Gasteiger partial charge in [-0.2, -0.15) is 4.98 Å². The van der Waals surface area contributed by atoms with E-state index in [0.717, 1.165) is 0 Å². The molecule has 0 bridgehead atoms. The first-order valence-corrected chi connectivity index (χ1v) is 5.70. The number of aryl methyl sites for hydroxylation is 1. The zero-order valence-corrected chi connectivity index (χ0v) is 9.82. The highest BCUT2D eigenvalue weighted by Gasteiger charge is 2.07. The average molecular weight is 254 g/mol. The highest BCUT2D eigenvalue weighted by molar-refractivity contribution is 7.13. The van der Waals surface area contributed by atoms with Crippen LogP contribution in [0.15, 0.2) is 9.90 Å². The number of carbonyl (C=O) groups is 1. The lowest BCUT2D eigenvalue weighted by Gasteiger charge is -1.96. The Balaban J connectivity index is 1.91. The maximum absolute atomic E-state index is 10.5. The molecule has 0 atom stereocenters. The SMILES string of the molecule is Cc1noc(CNc2nc(CC(=O)O)cs2)n1. The van der Waals surface area contributed by atoms with E-state index < -0.39 is 5.97 Å². The number of hydrogen-bond acceptors (Lipinski definition) is 7. The van der Waals surface area contributed by atoms with Crippen LogP contribution in [0.1, 0.15) is 17.4 Å². The van der Waals surface area contributed by atoms with E-state index in [9.17, 15) is 4.79 Å². The second-order valence-corrected chi connectivity index (χ2v) is 4.16. The first-order chi connectivity index (χ1) is 8.13. The smallest absolute Gasteiger partial charge is 0.309 e. The summed E-state index contributed by atoms with van der Waals surface area (Å²) in [5.74, 6) is 0.152. The number of nitrogens with zero attached hydrogens (tertiary/aromatic N) is 3. The Kier molecular flexibility index (Phi) is 3.33. The molecular weight excluding hydrogens is 244 g/mol. The van der Waals surface area contributed by atoms with Crippen LogP contribution in [-0.2, 0) is 17.8 Å². The normalized spacial score (nSPS) is 10.4. The zero-order valence-electron chi connectivity index (χ0n) is 9.01. The molecule has 0 aliphatic rings. The fraction of sp³-hybridized carbons (Fsp3) is 0.333. The maximum atomic E-state index is 10.5. The van der Waals surface area contributed by atoms with Crippen LogP contribution >= 0.6 is 11.3 Å². The van der Waals surface area contributed by atoms with Crippen molar-refractivity contribution >= 4 is 22.4 Å². The minimum absolute atomic E-state index is 0.0716. The molecule has 2 aromatic rings. The fourth-order valence-electron chi connectivity index (χ4n) is 1.19. The Bertz CT molecular complexity index is 522. The highest BCUT2D eigenvalue weighted by atomic mass is 32.1. The van der Waals surface area contributed by atoms with Gasteiger partial charge in [0, 0.05) is 5.38 Å². The van der Waals surface area contributed by atoms with Crippen molar-refractivity contribution in [3.63, 3.8) is 0 Å². The summed E-state index contributed by atoms with van der Waals surface area (Å²) in [7, 11) is 0. The molecule has 0 radical (unpaired) electrons. The van der Waals surface area contributed by atoms with Gasteiger partial charge >= 0.3 is 5.97 Å². The molecule has 2 N–H and O–H groups in total. The van der Waals surface area contributed by atoms with Crippen LogP contribution in [0.3, 0.4) is 0 Å². The van der Waals surface area contributed by atoms with E-state index in [2.05, 4.69) is 20.4 Å². The molecular formula is C9H10N4O3S. The molecule has 17 heavy (non-hydrogen) atoms. The van der Waals surface area contributed by atoms with Gasteiger partial charge in [0.25, 0.3) is 0 Å². The largest absolute Gasteiger partial charge is 0.481 e. The summed E-state index contributed by atoms with van der Waals surface area (Å²) in [6.45, 7) is 2.11. The molecule has 0 aromatic carbocycles. The number of anilines is 1. The number of carboxylic acids is 1. The number of carboxylic acid groups (broad SMARTS) is 1. The van der Waals surface area contributed by atoms with Crippen LogP contribution in [0.5, 0.6) is 0 Å². The van der Waals surface area contributed by atoms with Gasteiger partial charge in [-0.3, -0.25) is 4.79 Å². The van der Waals surface area contributed by atoms with Gasteiger partial charge in [-0.1, -0.05) is 5.16 Å². The Morgan fingerprint density at radius 2 is 2.41 bits per heavy atom. The Hall–Kier alpha value is -1.96. The quantitative estimate of drug-likeness (QED) is 0.822. The maximum Gasteiger partial charge on any atom is 0.309 e. The Labute approximate surface area is 100 Å². The van der Waals surface area contributed by atoms with Crippen molar-refractivity contribution in [2.24, 2.45) is 0 Å². The van der Waals surface area contributed by atoms with Crippen LogP contribution in [0.4, 0.5) is 5.13 Å². The molecule has 90 valence electrons. The molecule has 2 heterocycles. The molecule has 0 aliphatic heterocycles. The van der Waals surface area contributed by atoms with Gasteiger partial charge in [0.15, 0.2) is 11.0 Å². The molecule has 7 nitrogen and oxygen atoms in total. The first kappa shape index (κ1) is 11.5. The van der Waals surface area contributed by atoms with Crippen molar-refractivity contribution < 1.29 is 14.4 Å². The molecule has 0 fully saturated rings. The van der Waals surface area contributed by atoms with Crippen molar-refractivity contribution in [3.8, 4) is 0 Å². The van der Waals surface area contributed by atoms with E-state index in [1.54, 1.807) is 12.3 Å². The molecule has 0 spiro atoms. The lowest BCUT2D eigenvalue weighted by atomic mass is 10.3. The summed E-state index contributed by atoms with van der Waals surface area (Å²) in [6.07, 6.45) is -0.0716. The minimum Gasteiger partial charge on any atom is -0.481 e. The summed E-state index contributed by atoms with van der Waals surface area (Å²) in [4.78, 5) is 18.6. The molecule has 0 unspecified atom stereocenters. The van der Waals surface area contributed by atoms with Crippen molar-refractivity contribution in [2.75, 3.05) is 5.32 Å². The number of aromatic nitrogens is 3. The van der Waals surface area contributed by atoms with Crippen LogP contribution in [0.2, 0.25) is 0 Å². The first-order valence-electron chi connectivity index (χ1n) is 4.83. The zero-order chi connectivity index (χ0) is 12.3. The highest BCUT2D eigenvalue weighted by Crippen LogP contribution is 2.16. The van der Waals surface area contributed by atoms with Crippen molar-refractivity contribution in [2.45, 2.75) is 19.9 Å². The van der Waals surface area contributed by atoms with Gasteiger partial charge in [0.05, 0.1) is 18.7 Å². The minimum atomic E-state index is -0.894. The number of nitrogens with one attached hydrogen (secondary N) is 1. The lowest BCUT2D eigenvalue weighted by Crippen LogP contribution is -2.02. The van der Waals surface area contributed by atoms with E-state index in [4.69, 9.17) is 9.63 Å². The second-order valence-electron chi connectivity index (χ2n) is 3.30. The molecule has 0 aliphatic carbocycles. The summed E-state index contributed by atoms with van der Waals surface area (Å²) in [5, 5.41) is 17.6. The lowest BCUT2D eigenvalue weighted by molar-refractivity contribution is -0.136. The topological polar surface area (TPSA) is 101 Å². The Morgan fingerprint density at radius 1 is 1.59 bits per heavy atom. The van der Waals surface area contributed by atoms with Crippen LogP contribution < -0.4 is 5.32 Å². The monoisotopic (exact) mass is 254 g/mol. The van der Waals surface area contributed by atoms with Gasteiger partial charge in [0.1, 0.15) is 0 Å². The van der Waals surface area contributed by atoms with Gasteiger partial charge in [0.2, 0.25) is 5.89 Å². The number of thiazole rings is 1. The molecule has 2 aromatic heterocycles. The third-order valence-electron chi connectivity index (χ3n) is 1.84. The summed E-state index contributed by atoms with van der Waals surface area (Å²) in [5.41, 5.74) is 0.534. The third kappa shape index (κ3) is 3.25. The number of rotatable bonds is 5. The van der Waals surface area contributed by atoms with Gasteiger partial charge < -0.3 is 14.9 Å². The molecule has 0 saturated carbocycles. The van der Waals surface area contributed by atoms with Crippen molar-refractivity contribution in [1.29, 1.82) is 0 Å². The van der Waals surface area contributed by atoms with E-state index in [1.807, 2.05) is 0 Å². The van der Waals surface area contributed by atoms with Crippen LogP contribution in [0, 0.1) is 6.92 Å². The van der Waals surface area contributed by atoms with E-state index in [0.29, 0.717) is 29.1 Å². The molecule has 8 heteroatoms. The second kappa shape index (κ2) is 4.91. The van der Waals surface area contributed by atoms with Crippen molar-refractivity contribution in [1.82, 2.24) is 15.1 Å². The predicted molar refractivity (Wildman–Crippen MR) is 59.8 cm³/mol. The van der Waals surface area contributed by atoms with E-state index >= 15 is 0 Å². The summed E-state index contributed by atoms with van der Waals surface area (Å²) in [6, 6.07) is 0. The summed E-state index contributed by atoms with van der Waals surface area (Å²) >= 11 is 1.34. The Morgan fingerprint density at radius 3 is 3.06 bits per heavy atom. The van der Waals surface area contributed by atoms with Gasteiger partial charge in [-0.15, -0.1) is 11.3 Å². The van der Waals surface area contributed by atoms with Gasteiger partial charge in [-0.05, 0) is 6.92 Å². The molecule has 2 rings (SSSR count). The third-order valence-corrected chi connectivity index (χ3v) is 2.69. The predicted octanol–water partition coefficient (Wildman–Crippen LogP) is 1.07. The standard InChI is InChI=1S/C9H10N4O3S/c1-5-11-7(16-13-5)3-10-9-12-6(4-17-9)2-8(14)15/h4H,2-3H2,1H3,(H,10,12)(H,14,15). The van der Waals surface area contributed by atoms with E-state index in [-0.39, 0.29) is 6.42 Å². The molecule has 0 saturated heterocycles. The average Bonchev–Trinajstić information content (AvgIpc) is 2.84. The number of hydrogen-bond donors (Lipinski definition) is 2. The fourth-order valence-corrected chi connectivity index (χ4v) is 1.90. The van der Waals surface area contributed by atoms with Crippen LogP contribution in [-0.4, -0.2) is 26.2 Å². The van der Waals surface area contributed by atoms with Crippen molar-refractivity contribution in [3.05, 3.63) is 22.8 Å². The van der Waals surface area contributed by atoms with Gasteiger partial charge in [-0.25, -0.2) is 4.98 Å². The van der Waals surface area contributed by atoms with Crippen LogP contribution in [0.25, 0.3) is 0 Å². The molecule has 0 amide bonds. The van der Waals surface area contributed by atoms with E-state index in [1.165, 1.54) is 11.3 Å². The number of aliphatic carboxylic acids is 1. The summed E-state index contributed by atoms with van der Waals surface area (Å²) < 4.78 is 4.92.